The zero-order valence-electron chi connectivity index (χ0n) is 9.19. The summed E-state index contributed by atoms with van der Waals surface area (Å²) in [5.74, 6) is -0.204. The average molecular weight is 268 g/mol. The van der Waals surface area contributed by atoms with Gasteiger partial charge in [-0.1, -0.05) is 0 Å². The largest absolute Gasteiger partial charge is 0.480 e. The van der Waals surface area contributed by atoms with Crippen LogP contribution in [0.15, 0.2) is 0 Å². The fourth-order valence-electron chi connectivity index (χ4n) is 1.45. The molecule has 0 radical (unpaired) electrons. The Labute approximate surface area is 99.4 Å². The van der Waals surface area contributed by atoms with E-state index < -0.39 is 21.7 Å². The van der Waals surface area contributed by atoms with Gasteiger partial charge in [0, 0.05) is 11.8 Å². The van der Waals surface area contributed by atoms with Crippen molar-refractivity contribution in [3.8, 4) is 0 Å². The van der Waals surface area contributed by atoms with E-state index in [1.807, 2.05) is 0 Å². The summed E-state index contributed by atoms with van der Waals surface area (Å²) in [7, 11) is -3.76. The van der Waals surface area contributed by atoms with Gasteiger partial charge in [0.2, 0.25) is 0 Å². The first-order chi connectivity index (χ1) is 7.27. The maximum Gasteiger partial charge on any atom is 0.325 e. The monoisotopic (exact) mass is 268 g/mol. The van der Waals surface area contributed by atoms with Crippen LogP contribution in [0, 0.1) is 0 Å². The number of rotatable bonds is 5. The summed E-state index contributed by atoms with van der Waals surface area (Å²) >= 11 is 1.43. The van der Waals surface area contributed by atoms with Gasteiger partial charge in [-0.25, -0.2) is 0 Å². The molecule has 0 aliphatic carbocycles. The minimum atomic E-state index is -3.76. The Balaban J connectivity index is 2.81. The number of carbonyl (C=O) groups is 1. The second-order valence-corrected chi connectivity index (χ2v) is 6.62. The van der Waals surface area contributed by atoms with E-state index >= 15 is 0 Å². The first-order valence-electron chi connectivity index (χ1n) is 4.90. The standard InChI is InChI=1S/C8H16N2O4S2/c1-6(2)9-16(13,14)10-8(7(11)12)3-4-15-5-8/h6,9-10H,3-5H2,1-2H3,(H,11,12). The molecular weight excluding hydrogens is 252 g/mol. The van der Waals surface area contributed by atoms with Crippen molar-refractivity contribution in [3.63, 3.8) is 0 Å². The van der Waals surface area contributed by atoms with Gasteiger partial charge in [-0.3, -0.25) is 4.79 Å². The summed E-state index contributed by atoms with van der Waals surface area (Å²) < 4.78 is 27.8. The lowest BCUT2D eigenvalue weighted by molar-refractivity contribution is -0.142. The van der Waals surface area contributed by atoms with Crippen LogP contribution in [-0.2, 0) is 15.0 Å². The highest BCUT2D eigenvalue weighted by molar-refractivity contribution is 7.99. The average Bonchev–Trinajstić information content (AvgIpc) is 2.50. The summed E-state index contributed by atoms with van der Waals surface area (Å²) in [6, 6.07) is -0.266. The van der Waals surface area contributed by atoms with Crippen LogP contribution in [0.25, 0.3) is 0 Å². The highest BCUT2D eigenvalue weighted by Crippen LogP contribution is 2.28. The molecule has 0 aromatic carbocycles. The normalized spacial score (nSPS) is 26.2. The van der Waals surface area contributed by atoms with Crippen LogP contribution in [0.2, 0.25) is 0 Å². The maximum absolute atomic E-state index is 11.6. The van der Waals surface area contributed by atoms with Gasteiger partial charge < -0.3 is 5.11 Å². The molecule has 1 saturated heterocycles. The van der Waals surface area contributed by atoms with Crippen LogP contribution < -0.4 is 9.44 Å². The molecule has 94 valence electrons. The molecule has 8 heteroatoms. The van der Waals surface area contributed by atoms with Gasteiger partial charge in [0.15, 0.2) is 0 Å². The van der Waals surface area contributed by atoms with Crippen LogP contribution in [0.3, 0.4) is 0 Å². The Hall–Kier alpha value is -0.310. The molecule has 1 aliphatic heterocycles. The van der Waals surface area contributed by atoms with Crippen molar-refractivity contribution in [1.29, 1.82) is 0 Å². The molecule has 0 spiro atoms. The first-order valence-corrected chi connectivity index (χ1v) is 7.54. The number of hydrogen-bond donors (Lipinski definition) is 3. The molecule has 0 saturated carbocycles. The molecule has 3 N–H and O–H groups in total. The van der Waals surface area contributed by atoms with Crippen LogP contribution >= 0.6 is 11.8 Å². The van der Waals surface area contributed by atoms with Crippen LogP contribution in [0.1, 0.15) is 20.3 Å². The SMILES string of the molecule is CC(C)NS(=O)(=O)NC1(C(=O)O)CCSC1. The second kappa shape index (κ2) is 4.91. The summed E-state index contributed by atoms with van der Waals surface area (Å²) in [5.41, 5.74) is -1.36. The van der Waals surface area contributed by atoms with Crippen molar-refractivity contribution in [2.75, 3.05) is 11.5 Å². The molecule has 1 unspecified atom stereocenters. The molecule has 1 atom stereocenters. The van der Waals surface area contributed by atoms with Crippen LogP contribution in [0.5, 0.6) is 0 Å². The Bertz CT molecular complexity index is 360. The summed E-state index contributed by atoms with van der Waals surface area (Å²) in [6.07, 6.45) is 0.312. The van der Waals surface area contributed by atoms with E-state index in [4.69, 9.17) is 5.11 Å². The highest BCUT2D eigenvalue weighted by atomic mass is 32.2. The van der Waals surface area contributed by atoms with E-state index in [0.29, 0.717) is 12.2 Å². The molecule has 1 fully saturated rings. The number of hydrogen-bond acceptors (Lipinski definition) is 4. The minimum Gasteiger partial charge on any atom is -0.480 e. The van der Waals surface area contributed by atoms with E-state index in [1.54, 1.807) is 13.8 Å². The van der Waals surface area contributed by atoms with Crippen molar-refractivity contribution >= 4 is 27.9 Å². The first kappa shape index (κ1) is 13.8. The number of carboxylic acid groups (broad SMARTS) is 1. The van der Waals surface area contributed by atoms with Crippen molar-refractivity contribution in [2.45, 2.75) is 31.8 Å². The Morgan fingerprint density at radius 1 is 1.50 bits per heavy atom. The van der Waals surface area contributed by atoms with Crippen LogP contribution in [0.4, 0.5) is 0 Å². The van der Waals surface area contributed by atoms with Crippen molar-refractivity contribution in [3.05, 3.63) is 0 Å². The van der Waals surface area contributed by atoms with Gasteiger partial charge in [0.25, 0.3) is 10.2 Å². The van der Waals surface area contributed by atoms with Gasteiger partial charge in [-0.15, -0.1) is 0 Å². The Morgan fingerprint density at radius 3 is 2.50 bits per heavy atom. The predicted molar refractivity (Wildman–Crippen MR) is 62.6 cm³/mol. The summed E-state index contributed by atoms with van der Waals surface area (Å²) in [6.45, 7) is 3.35. The van der Waals surface area contributed by atoms with Crippen LogP contribution in [-0.4, -0.2) is 42.6 Å². The smallest absolute Gasteiger partial charge is 0.325 e. The van der Waals surface area contributed by atoms with E-state index in [0.717, 1.165) is 0 Å². The molecule has 0 amide bonds. The second-order valence-electron chi connectivity index (χ2n) is 4.07. The fraction of sp³-hybridized carbons (Fsp3) is 0.875. The molecule has 0 aromatic heterocycles. The lowest BCUT2D eigenvalue weighted by Gasteiger charge is -2.24. The molecule has 16 heavy (non-hydrogen) atoms. The van der Waals surface area contributed by atoms with Gasteiger partial charge in [0.1, 0.15) is 5.54 Å². The fourth-order valence-corrected chi connectivity index (χ4v) is 4.33. The van der Waals surface area contributed by atoms with Crippen molar-refractivity contribution in [2.24, 2.45) is 0 Å². The number of carboxylic acids is 1. The molecule has 1 heterocycles. The van der Waals surface area contributed by atoms with E-state index in [1.165, 1.54) is 11.8 Å². The maximum atomic E-state index is 11.6. The third-order valence-corrected chi connectivity index (χ3v) is 4.78. The molecule has 1 rings (SSSR count). The zero-order valence-corrected chi connectivity index (χ0v) is 10.8. The van der Waals surface area contributed by atoms with Gasteiger partial charge in [-0.2, -0.15) is 29.6 Å². The van der Waals surface area contributed by atoms with E-state index in [-0.39, 0.29) is 11.8 Å². The molecular formula is C8H16N2O4S2. The Morgan fingerprint density at radius 2 is 2.12 bits per heavy atom. The van der Waals surface area contributed by atoms with Gasteiger partial charge >= 0.3 is 5.97 Å². The zero-order chi connectivity index (χ0) is 12.4. The van der Waals surface area contributed by atoms with Gasteiger partial charge in [-0.05, 0) is 26.0 Å². The topological polar surface area (TPSA) is 95.5 Å². The molecule has 0 aromatic rings. The number of nitrogens with one attached hydrogen (secondary N) is 2. The van der Waals surface area contributed by atoms with Crippen molar-refractivity contribution < 1.29 is 18.3 Å². The van der Waals surface area contributed by atoms with Gasteiger partial charge in [0.05, 0.1) is 0 Å². The quantitative estimate of drug-likeness (QED) is 0.640. The highest BCUT2D eigenvalue weighted by Gasteiger charge is 2.45. The van der Waals surface area contributed by atoms with E-state index in [2.05, 4.69) is 9.44 Å². The number of thioether (sulfide) groups is 1. The molecule has 6 nitrogen and oxygen atoms in total. The molecule has 1 aliphatic rings. The third kappa shape index (κ3) is 3.34. The minimum absolute atomic E-state index is 0.265. The van der Waals surface area contributed by atoms with Crippen molar-refractivity contribution in [1.82, 2.24) is 9.44 Å². The van der Waals surface area contributed by atoms with E-state index in [9.17, 15) is 13.2 Å². The lowest BCUT2D eigenvalue weighted by Crippen LogP contribution is -2.58. The predicted octanol–water partition coefficient (Wildman–Crippen LogP) is -0.221. The molecule has 0 bridgehead atoms. The lowest BCUT2D eigenvalue weighted by atomic mass is 10.0. The number of aliphatic carboxylic acids is 1. The summed E-state index contributed by atoms with van der Waals surface area (Å²) in [4.78, 5) is 11.1. The third-order valence-electron chi connectivity index (χ3n) is 2.15. The summed E-state index contributed by atoms with van der Waals surface area (Å²) in [5, 5.41) is 9.09. The Kier molecular flexibility index (Phi) is 4.22.